The molecule has 2 aliphatic rings. The summed E-state index contributed by atoms with van der Waals surface area (Å²) < 4.78 is 27.3. The van der Waals surface area contributed by atoms with Crippen LogP contribution in [-0.2, 0) is 10.0 Å². The standard InChI is InChI=1S/C13H19N3O2S/c1-14-12-6-7-15-8-13(12)19(17,18)16(11-4-5-11)9-10-2-3-10/h6-8,10-11H,2-5,9H2,1H3,(H,14,15). The fraction of sp³-hybridized carbons (Fsp3) is 0.615. The molecule has 0 aromatic carbocycles. The number of aromatic nitrogens is 1. The van der Waals surface area contributed by atoms with E-state index >= 15 is 0 Å². The first-order chi connectivity index (χ1) is 9.13. The Morgan fingerprint density at radius 3 is 2.68 bits per heavy atom. The van der Waals surface area contributed by atoms with Crippen molar-refractivity contribution in [2.24, 2.45) is 5.92 Å². The Hall–Kier alpha value is -1.14. The molecule has 1 heterocycles. The Morgan fingerprint density at radius 2 is 2.11 bits per heavy atom. The van der Waals surface area contributed by atoms with Gasteiger partial charge >= 0.3 is 0 Å². The maximum absolute atomic E-state index is 12.8. The minimum Gasteiger partial charge on any atom is -0.387 e. The van der Waals surface area contributed by atoms with Gasteiger partial charge in [-0.05, 0) is 37.7 Å². The molecular weight excluding hydrogens is 262 g/mol. The maximum Gasteiger partial charge on any atom is 0.246 e. The summed E-state index contributed by atoms with van der Waals surface area (Å²) in [4.78, 5) is 4.27. The number of rotatable bonds is 6. The fourth-order valence-electron chi connectivity index (χ4n) is 2.28. The third-order valence-corrected chi connectivity index (χ3v) is 5.68. The van der Waals surface area contributed by atoms with Crippen molar-refractivity contribution >= 4 is 15.7 Å². The number of hydrogen-bond acceptors (Lipinski definition) is 4. The SMILES string of the molecule is CNc1ccncc1S(=O)(=O)N(CC1CC1)C1CC1. The zero-order valence-corrected chi connectivity index (χ0v) is 11.9. The molecule has 0 spiro atoms. The van der Waals surface area contributed by atoms with Gasteiger partial charge in [0.05, 0.1) is 5.69 Å². The topological polar surface area (TPSA) is 62.3 Å². The van der Waals surface area contributed by atoms with Gasteiger partial charge in [0.15, 0.2) is 0 Å². The highest BCUT2D eigenvalue weighted by Crippen LogP contribution is 2.38. The Kier molecular flexibility index (Phi) is 3.22. The Bertz CT molecular complexity index is 565. The molecule has 2 aliphatic carbocycles. The van der Waals surface area contributed by atoms with Crippen LogP contribution >= 0.6 is 0 Å². The molecule has 2 fully saturated rings. The van der Waals surface area contributed by atoms with Crippen LogP contribution in [0.3, 0.4) is 0 Å². The van der Waals surface area contributed by atoms with E-state index in [0.29, 0.717) is 23.0 Å². The second-order valence-corrected chi connectivity index (χ2v) is 7.23. The second-order valence-electron chi connectivity index (χ2n) is 5.37. The summed E-state index contributed by atoms with van der Waals surface area (Å²) in [5, 5.41) is 2.94. The van der Waals surface area contributed by atoms with E-state index in [1.165, 1.54) is 6.20 Å². The Morgan fingerprint density at radius 1 is 1.37 bits per heavy atom. The third kappa shape index (κ3) is 2.60. The van der Waals surface area contributed by atoms with Crippen LogP contribution in [0.5, 0.6) is 0 Å². The molecule has 1 aromatic rings. The van der Waals surface area contributed by atoms with Crippen LogP contribution in [0, 0.1) is 5.92 Å². The van der Waals surface area contributed by atoms with Crippen LogP contribution in [0.1, 0.15) is 25.7 Å². The summed E-state index contributed by atoms with van der Waals surface area (Å²) in [6.45, 7) is 0.672. The quantitative estimate of drug-likeness (QED) is 0.862. The van der Waals surface area contributed by atoms with Crippen molar-refractivity contribution < 1.29 is 8.42 Å². The number of anilines is 1. The van der Waals surface area contributed by atoms with E-state index in [4.69, 9.17) is 0 Å². The number of nitrogens with zero attached hydrogens (tertiary/aromatic N) is 2. The highest BCUT2D eigenvalue weighted by molar-refractivity contribution is 7.89. The van der Waals surface area contributed by atoms with Gasteiger partial charge in [0.25, 0.3) is 0 Å². The summed E-state index contributed by atoms with van der Waals surface area (Å²) >= 11 is 0. The lowest BCUT2D eigenvalue weighted by atomic mass is 10.4. The Labute approximate surface area is 114 Å². The molecule has 0 bridgehead atoms. The lowest BCUT2D eigenvalue weighted by Crippen LogP contribution is -2.35. The molecule has 5 nitrogen and oxygen atoms in total. The molecule has 6 heteroatoms. The summed E-state index contributed by atoms with van der Waals surface area (Å²) in [6.07, 6.45) is 7.34. The van der Waals surface area contributed by atoms with Gasteiger partial charge in [0.1, 0.15) is 4.90 Å². The van der Waals surface area contributed by atoms with Gasteiger partial charge in [-0.1, -0.05) is 0 Å². The van der Waals surface area contributed by atoms with Crippen LogP contribution in [0.25, 0.3) is 0 Å². The highest BCUT2D eigenvalue weighted by Gasteiger charge is 2.41. The first-order valence-electron chi connectivity index (χ1n) is 6.76. The Balaban J connectivity index is 1.94. The average Bonchev–Trinajstić information content (AvgIpc) is 3.28. The molecule has 19 heavy (non-hydrogen) atoms. The van der Waals surface area contributed by atoms with Gasteiger partial charge in [-0.25, -0.2) is 8.42 Å². The number of hydrogen-bond donors (Lipinski definition) is 1. The first kappa shape index (κ1) is 12.9. The van der Waals surface area contributed by atoms with Crippen molar-refractivity contribution in [3.8, 4) is 0 Å². The molecule has 0 radical (unpaired) electrons. The normalized spacial score (nSPS) is 19.7. The molecule has 0 aliphatic heterocycles. The summed E-state index contributed by atoms with van der Waals surface area (Å²) in [5.41, 5.74) is 0.622. The molecule has 0 amide bonds. The van der Waals surface area contributed by atoms with Gasteiger partial charge in [0, 0.05) is 32.0 Å². The molecule has 0 saturated heterocycles. The predicted molar refractivity (Wildman–Crippen MR) is 73.4 cm³/mol. The number of pyridine rings is 1. The van der Waals surface area contributed by atoms with Crippen LogP contribution in [0.15, 0.2) is 23.4 Å². The lowest BCUT2D eigenvalue weighted by Gasteiger charge is -2.22. The minimum absolute atomic E-state index is 0.204. The van der Waals surface area contributed by atoms with E-state index in [1.54, 1.807) is 23.6 Å². The number of sulfonamides is 1. The van der Waals surface area contributed by atoms with E-state index in [2.05, 4.69) is 10.3 Å². The number of nitrogens with one attached hydrogen (secondary N) is 1. The van der Waals surface area contributed by atoms with Gasteiger partial charge in [-0.15, -0.1) is 0 Å². The zero-order chi connectivity index (χ0) is 13.5. The molecule has 0 unspecified atom stereocenters. The monoisotopic (exact) mass is 281 g/mol. The van der Waals surface area contributed by atoms with Gasteiger partial charge in [-0.3, -0.25) is 4.98 Å². The van der Waals surface area contributed by atoms with Crippen LogP contribution in [-0.4, -0.2) is 37.3 Å². The summed E-state index contributed by atoms with van der Waals surface area (Å²) in [5.74, 6) is 0.560. The molecular formula is C13H19N3O2S. The second kappa shape index (κ2) is 4.76. The van der Waals surface area contributed by atoms with Crippen molar-refractivity contribution in [1.82, 2.24) is 9.29 Å². The van der Waals surface area contributed by atoms with Crippen LogP contribution < -0.4 is 5.32 Å². The highest BCUT2D eigenvalue weighted by atomic mass is 32.2. The maximum atomic E-state index is 12.8. The fourth-order valence-corrected chi connectivity index (χ4v) is 4.18. The van der Waals surface area contributed by atoms with Gasteiger partial charge < -0.3 is 5.32 Å². The van der Waals surface area contributed by atoms with E-state index in [1.807, 2.05) is 0 Å². The first-order valence-corrected chi connectivity index (χ1v) is 8.20. The largest absolute Gasteiger partial charge is 0.387 e. The average molecular weight is 281 g/mol. The summed E-state index contributed by atoms with van der Waals surface area (Å²) in [6, 6.07) is 1.91. The third-order valence-electron chi connectivity index (χ3n) is 3.73. The lowest BCUT2D eigenvalue weighted by molar-refractivity contribution is 0.389. The van der Waals surface area contributed by atoms with Crippen molar-refractivity contribution in [3.05, 3.63) is 18.5 Å². The molecule has 104 valence electrons. The van der Waals surface area contributed by atoms with Gasteiger partial charge in [-0.2, -0.15) is 4.31 Å². The molecule has 1 aromatic heterocycles. The van der Waals surface area contributed by atoms with E-state index < -0.39 is 10.0 Å². The van der Waals surface area contributed by atoms with Gasteiger partial charge in [0.2, 0.25) is 10.0 Å². The van der Waals surface area contributed by atoms with Crippen LogP contribution in [0.2, 0.25) is 0 Å². The van der Waals surface area contributed by atoms with Crippen molar-refractivity contribution in [1.29, 1.82) is 0 Å². The van der Waals surface area contributed by atoms with Crippen LogP contribution in [0.4, 0.5) is 5.69 Å². The molecule has 3 rings (SSSR count). The minimum atomic E-state index is -3.43. The van der Waals surface area contributed by atoms with E-state index in [9.17, 15) is 8.42 Å². The molecule has 0 atom stereocenters. The van der Waals surface area contributed by atoms with E-state index in [0.717, 1.165) is 25.7 Å². The van der Waals surface area contributed by atoms with Crippen molar-refractivity contribution in [2.75, 3.05) is 18.9 Å². The summed E-state index contributed by atoms with van der Waals surface area (Å²) in [7, 11) is -1.69. The van der Waals surface area contributed by atoms with E-state index in [-0.39, 0.29) is 6.04 Å². The molecule has 2 saturated carbocycles. The predicted octanol–water partition coefficient (Wildman–Crippen LogP) is 1.69. The van der Waals surface area contributed by atoms with Crippen molar-refractivity contribution in [3.63, 3.8) is 0 Å². The zero-order valence-electron chi connectivity index (χ0n) is 11.0. The van der Waals surface area contributed by atoms with Crippen molar-refractivity contribution in [2.45, 2.75) is 36.6 Å². The smallest absolute Gasteiger partial charge is 0.246 e. The molecule has 1 N–H and O–H groups in total.